The third-order valence-corrected chi connectivity index (χ3v) is 4.66. The van der Waals surface area contributed by atoms with Gasteiger partial charge in [0.25, 0.3) is 5.91 Å². The van der Waals surface area contributed by atoms with Crippen molar-refractivity contribution >= 4 is 17.2 Å². The van der Waals surface area contributed by atoms with Crippen LogP contribution in [0.2, 0.25) is 0 Å². The number of carbonyl (C=O) groups is 1. The molecule has 4 nitrogen and oxygen atoms in total. The van der Waals surface area contributed by atoms with Gasteiger partial charge < -0.3 is 9.64 Å². The number of benzene rings is 1. The number of methoxy groups -OCH3 is 1. The number of rotatable bonds is 2. The standard InChI is InChI=1S/C18H18N2O2S/c1-22-15-8-5-14(6-9-15)7-10-17-19-13-16(23-17)18(21)20-11-3-2-4-12-20/h5-6,8-9,13H,2-4,11-12H2,1H3. The maximum absolute atomic E-state index is 12.4. The Balaban J connectivity index is 1.69. The first-order valence-corrected chi connectivity index (χ1v) is 8.49. The van der Waals surface area contributed by atoms with Crippen LogP contribution in [0.1, 0.15) is 39.5 Å². The topological polar surface area (TPSA) is 42.4 Å². The van der Waals surface area contributed by atoms with E-state index >= 15 is 0 Å². The van der Waals surface area contributed by atoms with E-state index in [1.807, 2.05) is 29.2 Å². The molecule has 3 rings (SSSR count). The first-order chi connectivity index (χ1) is 11.3. The molecule has 1 amide bonds. The van der Waals surface area contributed by atoms with Crippen molar-refractivity contribution in [3.05, 3.63) is 45.9 Å². The summed E-state index contributed by atoms with van der Waals surface area (Å²) in [6, 6.07) is 7.55. The fourth-order valence-electron chi connectivity index (χ4n) is 2.48. The molecule has 5 heteroatoms. The zero-order chi connectivity index (χ0) is 16.1. The number of nitrogens with zero attached hydrogens (tertiary/aromatic N) is 2. The molecule has 0 unspecified atom stereocenters. The minimum absolute atomic E-state index is 0.0831. The van der Waals surface area contributed by atoms with Gasteiger partial charge in [-0.15, -0.1) is 11.3 Å². The van der Waals surface area contributed by atoms with Gasteiger partial charge in [-0.05, 0) is 49.4 Å². The first kappa shape index (κ1) is 15.6. The van der Waals surface area contributed by atoms with Crippen LogP contribution in [-0.4, -0.2) is 36.0 Å². The second-order valence-corrected chi connectivity index (χ2v) is 6.39. The highest BCUT2D eigenvalue weighted by Gasteiger charge is 2.19. The van der Waals surface area contributed by atoms with E-state index in [4.69, 9.17) is 4.74 Å². The van der Waals surface area contributed by atoms with Crippen LogP contribution in [0.3, 0.4) is 0 Å². The molecule has 1 aromatic heterocycles. The highest BCUT2D eigenvalue weighted by Crippen LogP contribution is 2.18. The fourth-order valence-corrected chi connectivity index (χ4v) is 3.22. The van der Waals surface area contributed by atoms with Gasteiger partial charge in [0.15, 0.2) is 5.01 Å². The number of aromatic nitrogens is 1. The zero-order valence-electron chi connectivity index (χ0n) is 13.0. The molecule has 0 bridgehead atoms. The predicted octanol–water partition coefficient (Wildman–Crippen LogP) is 3.18. The summed E-state index contributed by atoms with van der Waals surface area (Å²) in [6.45, 7) is 1.70. The molecule has 0 spiro atoms. The van der Waals surface area contributed by atoms with Gasteiger partial charge in [0.05, 0.1) is 13.3 Å². The molecule has 0 N–H and O–H groups in total. The maximum Gasteiger partial charge on any atom is 0.265 e. The van der Waals surface area contributed by atoms with Crippen LogP contribution < -0.4 is 4.74 Å². The molecule has 118 valence electrons. The van der Waals surface area contributed by atoms with Crippen LogP contribution in [0.25, 0.3) is 0 Å². The van der Waals surface area contributed by atoms with E-state index in [0.29, 0.717) is 9.88 Å². The average Bonchev–Trinajstić information content (AvgIpc) is 3.09. The summed E-state index contributed by atoms with van der Waals surface area (Å²) in [5, 5.41) is 0.668. The Morgan fingerprint density at radius 2 is 1.91 bits per heavy atom. The van der Waals surface area contributed by atoms with Gasteiger partial charge >= 0.3 is 0 Å². The van der Waals surface area contributed by atoms with Gasteiger partial charge in [0.2, 0.25) is 0 Å². The average molecular weight is 326 g/mol. The SMILES string of the molecule is COc1ccc(C#Cc2ncc(C(=O)N3CCCCC3)s2)cc1. The highest BCUT2D eigenvalue weighted by atomic mass is 32.1. The molecule has 0 atom stereocenters. The monoisotopic (exact) mass is 326 g/mol. The summed E-state index contributed by atoms with van der Waals surface area (Å²) in [6.07, 6.45) is 5.04. The molecular weight excluding hydrogens is 308 g/mol. The van der Waals surface area contributed by atoms with Gasteiger partial charge in [0, 0.05) is 18.7 Å². The van der Waals surface area contributed by atoms with Crippen LogP contribution in [0.4, 0.5) is 0 Å². The molecule has 1 fully saturated rings. The van der Waals surface area contributed by atoms with Crippen LogP contribution in [0.15, 0.2) is 30.5 Å². The molecule has 2 heterocycles. The Morgan fingerprint density at radius 3 is 2.61 bits per heavy atom. The van der Waals surface area contributed by atoms with Crippen molar-refractivity contribution in [2.24, 2.45) is 0 Å². The Bertz CT molecular complexity index is 734. The number of ether oxygens (including phenoxy) is 1. The van der Waals surface area contributed by atoms with E-state index < -0.39 is 0 Å². The normalized spacial score (nSPS) is 14.0. The Hall–Kier alpha value is -2.32. The lowest BCUT2D eigenvalue weighted by Gasteiger charge is -2.25. The Morgan fingerprint density at radius 1 is 1.17 bits per heavy atom. The number of carbonyl (C=O) groups excluding carboxylic acids is 1. The second kappa shape index (κ2) is 7.30. The van der Waals surface area contributed by atoms with Gasteiger partial charge in [0.1, 0.15) is 10.6 Å². The minimum Gasteiger partial charge on any atom is -0.497 e. The Labute approximate surface area is 140 Å². The quantitative estimate of drug-likeness (QED) is 0.796. The van der Waals surface area contributed by atoms with Gasteiger partial charge in [-0.3, -0.25) is 4.79 Å². The Kier molecular flexibility index (Phi) is 4.94. The predicted molar refractivity (Wildman–Crippen MR) is 90.8 cm³/mol. The van der Waals surface area contributed by atoms with E-state index in [2.05, 4.69) is 16.8 Å². The molecule has 0 saturated carbocycles. The van der Waals surface area contributed by atoms with Crippen LogP contribution in [0.5, 0.6) is 5.75 Å². The lowest BCUT2D eigenvalue weighted by Crippen LogP contribution is -2.35. The summed E-state index contributed by atoms with van der Waals surface area (Å²) in [7, 11) is 1.64. The highest BCUT2D eigenvalue weighted by molar-refractivity contribution is 7.14. The number of thiazole rings is 1. The number of hydrogen-bond donors (Lipinski definition) is 0. The molecule has 1 saturated heterocycles. The van der Waals surface area contributed by atoms with E-state index in [1.165, 1.54) is 17.8 Å². The molecule has 0 radical (unpaired) electrons. The molecule has 1 aliphatic rings. The summed E-state index contributed by atoms with van der Waals surface area (Å²) in [5.41, 5.74) is 0.893. The lowest BCUT2D eigenvalue weighted by atomic mass is 10.1. The van der Waals surface area contributed by atoms with E-state index in [0.717, 1.165) is 37.2 Å². The molecule has 0 aliphatic carbocycles. The maximum atomic E-state index is 12.4. The van der Waals surface area contributed by atoms with Gasteiger partial charge in [-0.25, -0.2) is 4.98 Å². The third-order valence-electron chi connectivity index (χ3n) is 3.76. The zero-order valence-corrected chi connectivity index (χ0v) is 13.9. The van der Waals surface area contributed by atoms with Gasteiger partial charge in [-0.1, -0.05) is 5.92 Å². The van der Waals surface area contributed by atoms with Crippen molar-refractivity contribution in [1.82, 2.24) is 9.88 Å². The van der Waals surface area contributed by atoms with Crippen molar-refractivity contribution in [3.8, 4) is 17.6 Å². The largest absolute Gasteiger partial charge is 0.497 e. The van der Waals surface area contributed by atoms with Crippen molar-refractivity contribution in [3.63, 3.8) is 0 Å². The number of hydrogen-bond acceptors (Lipinski definition) is 4. The summed E-state index contributed by atoms with van der Waals surface area (Å²) >= 11 is 1.36. The number of piperidine rings is 1. The van der Waals surface area contributed by atoms with E-state index in [9.17, 15) is 4.79 Å². The molecule has 23 heavy (non-hydrogen) atoms. The van der Waals surface area contributed by atoms with Crippen molar-refractivity contribution < 1.29 is 9.53 Å². The van der Waals surface area contributed by atoms with Gasteiger partial charge in [-0.2, -0.15) is 0 Å². The summed E-state index contributed by atoms with van der Waals surface area (Å²) in [5.74, 6) is 6.97. The molecule has 1 aromatic carbocycles. The minimum atomic E-state index is 0.0831. The molecule has 2 aromatic rings. The number of likely N-dealkylation sites (tertiary alicyclic amines) is 1. The van der Waals surface area contributed by atoms with E-state index in [1.54, 1.807) is 13.3 Å². The van der Waals surface area contributed by atoms with Crippen molar-refractivity contribution in [2.75, 3.05) is 20.2 Å². The first-order valence-electron chi connectivity index (χ1n) is 7.67. The summed E-state index contributed by atoms with van der Waals surface area (Å²) < 4.78 is 5.12. The molecular formula is C18H18N2O2S. The van der Waals surface area contributed by atoms with E-state index in [-0.39, 0.29) is 5.91 Å². The second-order valence-electron chi connectivity index (χ2n) is 5.36. The smallest absolute Gasteiger partial charge is 0.265 e. The van der Waals surface area contributed by atoms with Crippen molar-refractivity contribution in [2.45, 2.75) is 19.3 Å². The van der Waals surface area contributed by atoms with Crippen molar-refractivity contribution in [1.29, 1.82) is 0 Å². The third kappa shape index (κ3) is 3.91. The van der Waals surface area contributed by atoms with Crippen LogP contribution >= 0.6 is 11.3 Å². The number of amides is 1. The van der Waals surface area contributed by atoms with Crippen LogP contribution in [0, 0.1) is 11.8 Å². The summed E-state index contributed by atoms with van der Waals surface area (Å²) in [4.78, 5) is 19.2. The van der Waals surface area contributed by atoms with Crippen LogP contribution in [-0.2, 0) is 0 Å². The lowest BCUT2D eigenvalue weighted by molar-refractivity contribution is 0.0729. The fraction of sp³-hybridized carbons (Fsp3) is 0.333. The molecule has 1 aliphatic heterocycles.